The lowest BCUT2D eigenvalue weighted by molar-refractivity contribution is -0.129. The fourth-order valence-electron chi connectivity index (χ4n) is 1.91. The van der Waals surface area contributed by atoms with Gasteiger partial charge < -0.3 is 4.29 Å². The molecule has 98 valence electrons. The molecular weight excluding hydrogens is 274 g/mol. The quantitative estimate of drug-likeness (QED) is 0.637. The van der Waals surface area contributed by atoms with Crippen LogP contribution in [0, 0.1) is 11.3 Å². The Labute approximate surface area is 121 Å². The number of hydrogen-bond donors (Lipinski definition) is 0. The van der Waals surface area contributed by atoms with Gasteiger partial charge in [-0.25, -0.2) is 4.79 Å². The van der Waals surface area contributed by atoms with Crippen molar-refractivity contribution >= 4 is 23.4 Å². The van der Waals surface area contributed by atoms with Crippen LogP contribution in [0.2, 0.25) is 0 Å². The Hall–Kier alpha value is -2.57. The van der Waals surface area contributed by atoms with E-state index in [-0.39, 0.29) is 5.57 Å². The molecule has 0 fully saturated rings. The molecule has 2 rings (SSSR count). The Morgan fingerprint density at radius 1 is 0.950 bits per heavy atom. The van der Waals surface area contributed by atoms with Crippen molar-refractivity contribution in [3.05, 3.63) is 77.4 Å². The molecule has 0 aliphatic carbocycles. The van der Waals surface area contributed by atoms with Crippen LogP contribution in [0.1, 0.15) is 11.1 Å². The molecule has 0 atom stereocenters. The van der Waals surface area contributed by atoms with Gasteiger partial charge in [-0.2, -0.15) is 5.26 Å². The first-order chi connectivity index (χ1) is 9.77. The zero-order valence-electron chi connectivity index (χ0n) is 10.4. The highest BCUT2D eigenvalue weighted by Crippen LogP contribution is 2.27. The Bertz CT molecular complexity index is 631. The van der Waals surface area contributed by atoms with Crippen LogP contribution < -0.4 is 0 Å². The summed E-state index contributed by atoms with van der Waals surface area (Å²) in [7, 11) is 0. The van der Waals surface area contributed by atoms with Gasteiger partial charge in [0, 0.05) is 5.57 Å². The average molecular weight is 284 g/mol. The van der Waals surface area contributed by atoms with Gasteiger partial charge in [-0.05, 0) is 11.1 Å². The van der Waals surface area contributed by atoms with Gasteiger partial charge in [0.25, 0.3) is 0 Å². The lowest BCUT2D eigenvalue weighted by Gasteiger charge is -2.09. The summed E-state index contributed by atoms with van der Waals surface area (Å²) < 4.78 is 4.18. The fraction of sp³-hybridized carbons (Fsp3) is 0. The molecule has 3 nitrogen and oxygen atoms in total. The minimum Gasteiger partial charge on any atom is -0.342 e. The number of carbonyl (C=O) groups excluding carboxylic acids is 1. The molecular formula is C16H10ClNO2. The Morgan fingerprint density at radius 3 is 1.75 bits per heavy atom. The smallest absolute Gasteiger partial charge is 0.342 e. The van der Waals surface area contributed by atoms with E-state index >= 15 is 0 Å². The maximum Gasteiger partial charge on any atom is 0.367 e. The van der Waals surface area contributed by atoms with Crippen molar-refractivity contribution in [1.82, 2.24) is 0 Å². The Morgan fingerprint density at radius 2 is 1.40 bits per heavy atom. The molecule has 0 heterocycles. The molecule has 2 aromatic rings. The number of rotatable bonds is 3. The molecule has 0 aliphatic heterocycles. The maximum absolute atomic E-state index is 11.7. The van der Waals surface area contributed by atoms with E-state index in [0.717, 1.165) is 11.1 Å². The molecule has 0 aliphatic rings. The summed E-state index contributed by atoms with van der Waals surface area (Å²) in [5.74, 6) is -0.864. The van der Waals surface area contributed by atoms with Crippen molar-refractivity contribution in [2.45, 2.75) is 0 Å². The van der Waals surface area contributed by atoms with Crippen LogP contribution >= 0.6 is 11.9 Å². The molecule has 2 aromatic carbocycles. The van der Waals surface area contributed by atoms with Crippen LogP contribution in [0.3, 0.4) is 0 Å². The second-order valence-electron chi connectivity index (χ2n) is 3.96. The Balaban J connectivity index is 2.71. The molecule has 0 saturated carbocycles. The van der Waals surface area contributed by atoms with Crippen molar-refractivity contribution < 1.29 is 9.08 Å². The summed E-state index contributed by atoms with van der Waals surface area (Å²) in [6.07, 6.45) is 0. The van der Waals surface area contributed by atoms with E-state index in [1.54, 1.807) is 0 Å². The molecule has 0 saturated heterocycles. The maximum atomic E-state index is 11.7. The van der Waals surface area contributed by atoms with Gasteiger partial charge >= 0.3 is 5.97 Å². The topological polar surface area (TPSA) is 50.1 Å². The van der Waals surface area contributed by atoms with Gasteiger partial charge in [0.05, 0.1) is 0 Å². The standard InChI is InChI=1S/C16H10ClNO2/c17-20-16(19)14(11-18)15(12-7-3-1-4-8-12)13-9-5-2-6-10-13/h1-10H. The second-order valence-corrected chi connectivity index (χ2v) is 4.11. The first-order valence-electron chi connectivity index (χ1n) is 5.86. The number of nitrogens with zero attached hydrogens (tertiary/aromatic N) is 1. The highest BCUT2D eigenvalue weighted by Gasteiger charge is 2.19. The molecule has 0 radical (unpaired) electrons. The van der Waals surface area contributed by atoms with Gasteiger partial charge in [-0.1, -0.05) is 60.7 Å². The third-order valence-electron chi connectivity index (χ3n) is 2.76. The normalized spacial score (nSPS) is 9.40. The van der Waals surface area contributed by atoms with E-state index in [9.17, 15) is 10.1 Å². The zero-order valence-corrected chi connectivity index (χ0v) is 11.2. The van der Waals surface area contributed by atoms with E-state index < -0.39 is 5.97 Å². The monoisotopic (exact) mass is 283 g/mol. The third-order valence-corrected chi connectivity index (χ3v) is 2.90. The van der Waals surface area contributed by atoms with E-state index in [0.29, 0.717) is 5.57 Å². The van der Waals surface area contributed by atoms with Crippen LogP contribution in [-0.4, -0.2) is 5.97 Å². The highest BCUT2D eigenvalue weighted by molar-refractivity contribution is 6.18. The number of carbonyl (C=O) groups is 1. The highest BCUT2D eigenvalue weighted by atomic mass is 35.5. The van der Waals surface area contributed by atoms with Crippen molar-refractivity contribution in [1.29, 1.82) is 5.26 Å². The number of nitriles is 1. The summed E-state index contributed by atoms with van der Waals surface area (Å²) in [5, 5.41) is 9.25. The molecule has 0 N–H and O–H groups in total. The first kappa shape index (κ1) is 13.9. The van der Waals surface area contributed by atoms with Gasteiger partial charge in [0.1, 0.15) is 23.5 Å². The lowest BCUT2D eigenvalue weighted by atomic mass is 9.93. The van der Waals surface area contributed by atoms with E-state index in [1.807, 2.05) is 66.7 Å². The lowest BCUT2D eigenvalue weighted by Crippen LogP contribution is -2.05. The number of benzene rings is 2. The fourth-order valence-corrected chi connectivity index (χ4v) is 1.98. The van der Waals surface area contributed by atoms with E-state index in [4.69, 9.17) is 11.9 Å². The van der Waals surface area contributed by atoms with Crippen molar-refractivity contribution in [3.63, 3.8) is 0 Å². The van der Waals surface area contributed by atoms with Crippen LogP contribution in [0.4, 0.5) is 0 Å². The third kappa shape index (κ3) is 2.87. The predicted octanol–water partition coefficient (Wildman–Crippen LogP) is 3.71. The summed E-state index contributed by atoms with van der Waals surface area (Å²) in [5.41, 5.74) is 1.87. The minimum absolute atomic E-state index is 0.127. The van der Waals surface area contributed by atoms with E-state index in [2.05, 4.69) is 4.29 Å². The van der Waals surface area contributed by atoms with Crippen LogP contribution in [0.5, 0.6) is 0 Å². The summed E-state index contributed by atoms with van der Waals surface area (Å²) in [4.78, 5) is 11.7. The van der Waals surface area contributed by atoms with Crippen molar-refractivity contribution in [2.75, 3.05) is 0 Å². The average Bonchev–Trinajstić information content (AvgIpc) is 2.53. The van der Waals surface area contributed by atoms with Crippen molar-refractivity contribution in [3.8, 4) is 6.07 Å². The molecule has 0 amide bonds. The molecule has 4 heteroatoms. The Kier molecular flexibility index (Phi) is 4.54. The van der Waals surface area contributed by atoms with Crippen LogP contribution in [0.25, 0.3) is 5.57 Å². The van der Waals surface area contributed by atoms with Crippen LogP contribution in [0.15, 0.2) is 66.2 Å². The molecule has 0 unspecified atom stereocenters. The second kappa shape index (κ2) is 6.55. The number of halogens is 1. The minimum atomic E-state index is -0.864. The van der Waals surface area contributed by atoms with Crippen molar-refractivity contribution in [2.24, 2.45) is 0 Å². The van der Waals surface area contributed by atoms with Crippen LogP contribution in [-0.2, 0) is 9.08 Å². The summed E-state index contributed by atoms with van der Waals surface area (Å²) in [6, 6.07) is 20.2. The predicted molar refractivity (Wildman–Crippen MR) is 76.5 cm³/mol. The summed E-state index contributed by atoms with van der Waals surface area (Å²) in [6.45, 7) is 0. The number of hydrogen-bond acceptors (Lipinski definition) is 3. The SMILES string of the molecule is N#CC(C(=O)OCl)=C(c1ccccc1)c1ccccc1. The van der Waals surface area contributed by atoms with Gasteiger partial charge in [-0.15, -0.1) is 0 Å². The molecule has 0 aromatic heterocycles. The van der Waals surface area contributed by atoms with Gasteiger partial charge in [0.2, 0.25) is 0 Å². The first-order valence-corrected chi connectivity index (χ1v) is 6.17. The molecule has 0 bridgehead atoms. The van der Waals surface area contributed by atoms with Gasteiger partial charge in [0.15, 0.2) is 0 Å². The van der Waals surface area contributed by atoms with E-state index in [1.165, 1.54) is 0 Å². The van der Waals surface area contributed by atoms with Gasteiger partial charge in [-0.3, -0.25) is 0 Å². The zero-order chi connectivity index (χ0) is 14.4. The largest absolute Gasteiger partial charge is 0.367 e. The molecule has 0 spiro atoms. The summed E-state index contributed by atoms with van der Waals surface area (Å²) >= 11 is 5.11. The molecule has 20 heavy (non-hydrogen) atoms.